The van der Waals surface area contributed by atoms with Crippen molar-refractivity contribution in [3.63, 3.8) is 0 Å². The highest BCUT2D eigenvalue weighted by Gasteiger charge is 2.08. The Morgan fingerprint density at radius 3 is 2.25 bits per heavy atom. The Hall–Kier alpha value is -1.71. The quantitative estimate of drug-likeness (QED) is 0.867. The van der Waals surface area contributed by atoms with Gasteiger partial charge in [-0.1, -0.05) is 26.0 Å². The maximum atomic E-state index is 11.9. The summed E-state index contributed by atoms with van der Waals surface area (Å²) in [5, 5.41) is 2.94. The number of urea groups is 1. The van der Waals surface area contributed by atoms with Crippen molar-refractivity contribution >= 4 is 11.7 Å². The molecule has 1 aromatic rings. The fourth-order valence-corrected chi connectivity index (χ4v) is 1.85. The molecule has 0 bridgehead atoms. The first-order valence-electron chi connectivity index (χ1n) is 7.15. The van der Waals surface area contributed by atoms with Gasteiger partial charge in [-0.2, -0.15) is 0 Å². The van der Waals surface area contributed by atoms with E-state index in [1.54, 1.807) is 4.90 Å². The van der Waals surface area contributed by atoms with Gasteiger partial charge < -0.3 is 15.1 Å². The lowest BCUT2D eigenvalue weighted by atomic mass is 10.1. The molecule has 1 rings (SSSR count). The van der Waals surface area contributed by atoms with Gasteiger partial charge >= 0.3 is 6.03 Å². The minimum Gasteiger partial charge on any atom is -0.378 e. The first kappa shape index (κ1) is 16.3. The zero-order valence-corrected chi connectivity index (χ0v) is 13.3. The van der Waals surface area contributed by atoms with E-state index in [0.29, 0.717) is 12.5 Å². The molecule has 0 saturated heterocycles. The number of amides is 2. The molecule has 0 fully saturated rings. The van der Waals surface area contributed by atoms with Crippen molar-refractivity contribution < 1.29 is 4.79 Å². The molecule has 0 aliphatic carbocycles. The first-order valence-corrected chi connectivity index (χ1v) is 7.15. The van der Waals surface area contributed by atoms with Crippen molar-refractivity contribution in [2.24, 2.45) is 5.92 Å². The van der Waals surface area contributed by atoms with Crippen molar-refractivity contribution in [2.75, 3.05) is 32.6 Å². The molecule has 4 nitrogen and oxygen atoms in total. The highest BCUT2D eigenvalue weighted by molar-refractivity contribution is 5.73. The van der Waals surface area contributed by atoms with Gasteiger partial charge in [-0.25, -0.2) is 4.79 Å². The maximum absolute atomic E-state index is 11.9. The molecule has 0 unspecified atom stereocenters. The number of nitrogens with zero attached hydrogens (tertiary/aromatic N) is 2. The summed E-state index contributed by atoms with van der Waals surface area (Å²) in [5.41, 5.74) is 2.30. The summed E-state index contributed by atoms with van der Waals surface area (Å²) in [7, 11) is 5.86. The molecule has 4 heteroatoms. The van der Waals surface area contributed by atoms with Gasteiger partial charge in [0.1, 0.15) is 0 Å². The Morgan fingerprint density at radius 2 is 1.75 bits per heavy atom. The Bertz CT molecular complexity index is 412. The molecule has 0 aliphatic heterocycles. The lowest BCUT2D eigenvalue weighted by Crippen LogP contribution is -2.37. The van der Waals surface area contributed by atoms with Crippen LogP contribution in [0, 0.1) is 5.92 Å². The van der Waals surface area contributed by atoms with Gasteiger partial charge in [0.2, 0.25) is 0 Å². The standard InChI is InChI=1S/C16H27N3O/c1-13(2)10-11-17-16(20)19(5)12-14-6-8-15(9-7-14)18(3)4/h6-9,13H,10-12H2,1-5H3,(H,17,20). The van der Waals surface area contributed by atoms with Crippen LogP contribution in [0.3, 0.4) is 0 Å². The van der Waals surface area contributed by atoms with Crippen LogP contribution in [-0.2, 0) is 6.54 Å². The summed E-state index contributed by atoms with van der Waals surface area (Å²) < 4.78 is 0. The SMILES string of the molecule is CC(C)CCNC(=O)N(C)Cc1ccc(N(C)C)cc1. The number of hydrogen-bond donors (Lipinski definition) is 1. The summed E-state index contributed by atoms with van der Waals surface area (Å²) in [6, 6.07) is 8.25. The van der Waals surface area contributed by atoms with E-state index in [1.807, 2.05) is 21.1 Å². The predicted molar refractivity (Wildman–Crippen MR) is 85.1 cm³/mol. The number of benzene rings is 1. The molecule has 20 heavy (non-hydrogen) atoms. The first-order chi connectivity index (χ1) is 9.40. The molecule has 0 aromatic heterocycles. The number of carbonyl (C=O) groups excluding carboxylic acids is 1. The zero-order valence-electron chi connectivity index (χ0n) is 13.3. The van der Waals surface area contributed by atoms with Crippen molar-refractivity contribution in [1.29, 1.82) is 0 Å². The monoisotopic (exact) mass is 277 g/mol. The molecular weight excluding hydrogens is 250 g/mol. The molecule has 0 saturated carbocycles. The average molecular weight is 277 g/mol. The van der Waals surface area contributed by atoms with Crippen LogP contribution in [0.25, 0.3) is 0 Å². The molecule has 0 heterocycles. The fourth-order valence-electron chi connectivity index (χ4n) is 1.85. The van der Waals surface area contributed by atoms with Crippen LogP contribution in [0.15, 0.2) is 24.3 Å². The van der Waals surface area contributed by atoms with Gasteiger partial charge in [-0.3, -0.25) is 0 Å². The predicted octanol–water partition coefficient (Wildman–Crippen LogP) is 2.94. The van der Waals surface area contributed by atoms with E-state index < -0.39 is 0 Å². The van der Waals surface area contributed by atoms with E-state index in [0.717, 1.165) is 24.2 Å². The average Bonchev–Trinajstić information content (AvgIpc) is 2.38. The van der Waals surface area contributed by atoms with Crippen molar-refractivity contribution in [1.82, 2.24) is 10.2 Å². The molecule has 1 aromatic carbocycles. The van der Waals surface area contributed by atoms with Gasteiger partial charge in [0, 0.05) is 39.9 Å². The Balaban J connectivity index is 2.44. The van der Waals surface area contributed by atoms with Gasteiger partial charge in [-0.15, -0.1) is 0 Å². The van der Waals surface area contributed by atoms with Crippen LogP contribution in [0.5, 0.6) is 0 Å². The normalized spacial score (nSPS) is 10.5. The Labute approximate surface area is 122 Å². The summed E-state index contributed by atoms with van der Waals surface area (Å²) in [6.45, 7) is 5.67. The molecule has 0 aliphatic rings. The fraction of sp³-hybridized carbons (Fsp3) is 0.562. The Morgan fingerprint density at radius 1 is 1.15 bits per heavy atom. The number of carbonyl (C=O) groups is 1. The second kappa shape index (κ2) is 7.78. The van der Waals surface area contributed by atoms with E-state index >= 15 is 0 Å². The van der Waals surface area contributed by atoms with E-state index in [1.165, 1.54) is 0 Å². The summed E-state index contributed by atoms with van der Waals surface area (Å²) >= 11 is 0. The number of rotatable bonds is 6. The van der Waals surface area contributed by atoms with Crippen LogP contribution in [-0.4, -0.2) is 38.6 Å². The summed E-state index contributed by atoms with van der Waals surface area (Å²) in [6.07, 6.45) is 1.01. The van der Waals surface area contributed by atoms with Gasteiger partial charge in [-0.05, 0) is 30.0 Å². The van der Waals surface area contributed by atoms with Crippen molar-refractivity contribution in [2.45, 2.75) is 26.8 Å². The van der Waals surface area contributed by atoms with Crippen LogP contribution in [0.4, 0.5) is 10.5 Å². The maximum Gasteiger partial charge on any atom is 0.317 e. The molecule has 0 radical (unpaired) electrons. The highest BCUT2D eigenvalue weighted by Crippen LogP contribution is 2.13. The van der Waals surface area contributed by atoms with Crippen molar-refractivity contribution in [3.05, 3.63) is 29.8 Å². The lowest BCUT2D eigenvalue weighted by molar-refractivity contribution is 0.206. The molecule has 1 N–H and O–H groups in total. The zero-order chi connectivity index (χ0) is 15.1. The highest BCUT2D eigenvalue weighted by atomic mass is 16.2. The van der Waals surface area contributed by atoms with Crippen LogP contribution in [0.2, 0.25) is 0 Å². The summed E-state index contributed by atoms with van der Waals surface area (Å²) in [5.74, 6) is 0.610. The second-order valence-corrected chi connectivity index (χ2v) is 5.83. The van der Waals surface area contributed by atoms with Gasteiger partial charge in [0.05, 0.1) is 0 Å². The molecule has 2 amide bonds. The molecule has 0 atom stereocenters. The summed E-state index contributed by atoms with van der Waals surface area (Å²) in [4.78, 5) is 15.7. The molecule has 112 valence electrons. The lowest BCUT2D eigenvalue weighted by Gasteiger charge is -2.19. The minimum absolute atomic E-state index is 0.0117. The number of hydrogen-bond acceptors (Lipinski definition) is 2. The topological polar surface area (TPSA) is 35.6 Å². The van der Waals surface area contributed by atoms with Gasteiger partial charge in [0.25, 0.3) is 0 Å². The third-order valence-corrected chi connectivity index (χ3v) is 3.22. The second-order valence-electron chi connectivity index (χ2n) is 5.83. The van der Waals surface area contributed by atoms with Crippen LogP contribution < -0.4 is 10.2 Å². The number of anilines is 1. The van der Waals surface area contributed by atoms with Crippen LogP contribution in [0.1, 0.15) is 25.8 Å². The van der Waals surface area contributed by atoms with E-state index in [4.69, 9.17) is 0 Å². The van der Waals surface area contributed by atoms with Crippen LogP contribution >= 0.6 is 0 Å². The van der Waals surface area contributed by atoms with Crippen molar-refractivity contribution in [3.8, 4) is 0 Å². The van der Waals surface area contributed by atoms with E-state index in [9.17, 15) is 4.79 Å². The van der Waals surface area contributed by atoms with Gasteiger partial charge in [0.15, 0.2) is 0 Å². The molecular formula is C16H27N3O. The van der Waals surface area contributed by atoms with E-state index in [-0.39, 0.29) is 6.03 Å². The smallest absolute Gasteiger partial charge is 0.317 e. The third-order valence-electron chi connectivity index (χ3n) is 3.22. The van der Waals surface area contributed by atoms with E-state index in [2.05, 4.69) is 48.3 Å². The number of nitrogens with one attached hydrogen (secondary N) is 1. The largest absolute Gasteiger partial charge is 0.378 e. The minimum atomic E-state index is -0.0117. The Kier molecular flexibility index (Phi) is 6.36. The third kappa shape index (κ3) is 5.51. The molecule has 0 spiro atoms.